The molecule has 0 fully saturated rings. The van der Waals surface area contributed by atoms with Crippen LogP contribution in [0.4, 0.5) is 5.69 Å². The molecule has 4 heteroatoms. The molecule has 1 aromatic carbocycles. The topological polar surface area (TPSA) is 12.0 Å². The fourth-order valence-corrected chi connectivity index (χ4v) is 1.57. The summed E-state index contributed by atoms with van der Waals surface area (Å²) in [6.45, 7) is 2.67. The normalized spacial score (nSPS) is 11.6. The van der Waals surface area contributed by atoms with Crippen molar-refractivity contribution in [2.75, 3.05) is 11.9 Å². The van der Waals surface area contributed by atoms with Crippen LogP contribution in [0.3, 0.4) is 0 Å². The van der Waals surface area contributed by atoms with Crippen molar-refractivity contribution in [3.63, 3.8) is 0 Å². The second-order valence-electron chi connectivity index (χ2n) is 2.91. The molecule has 0 atom stereocenters. The highest BCUT2D eigenvalue weighted by atomic mass is 79.9. The Bertz CT molecular complexity index is 350. The van der Waals surface area contributed by atoms with Crippen molar-refractivity contribution >= 4 is 44.8 Å². The second kappa shape index (κ2) is 5.64. The number of benzene rings is 1. The van der Waals surface area contributed by atoms with Crippen LogP contribution < -0.4 is 5.32 Å². The number of rotatable bonds is 3. The van der Waals surface area contributed by atoms with Gasteiger partial charge >= 0.3 is 0 Å². The molecule has 0 saturated heterocycles. The highest BCUT2D eigenvalue weighted by Crippen LogP contribution is 2.29. The van der Waals surface area contributed by atoms with Gasteiger partial charge in [-0.15, -0.1) is 0 Å². The molecule has 0 spiro atoms. The zero-order valence-electron chi connectivity index (χ0n) is 7.65. The minimum atomic E-state index is 0.697. The van der Waals surface area contributed by atoms with Gasteiger partial charge in [0, 0.05) is 12.1 Å². The predicted molar refractivity (Wildman–Crippen MR) is 67.3 cm³/mol. The van der Waals surface area contributed by atoms with Crippen molar-refractivity contribution in [2.24, 2.45) is 0 Å². The lowest BCUT2D eigenvalue weighted by molar-refractivity contribution is 1.21. The van der Waals surface area contributed by atoms with Crippen molar-refractivity contribution in [3.8, 4) is 0 Å². The molecule has 1 nitrogen and oxygen atoms in total. The van der Waals surface area contributed by atoms with Gasteiger partial charge < -0.3 is 5.32 Å². The Morgan fingerprint density at radius 3 is 2.93 bits per heavy atom. The molecule has 14 heavy (non-hydrogen) atoms. The molecule has 76 valence electrons. The number of halogens is 3. The Labute approximate surface area is 102 Å². The lowest BCUT2D eigenvalue weighted by atomic mass is 10.3. The average molecular weight is 295 g/mol. The van der Waals surface area contributed by atoms with Gasteiger partial charge in [-0.05, 0) is 40.6 Å². The van der Waals surface area contributed by atoms with Crippen molar-refractivity contribution in [3.05, 3.63) is 38.8 Å². The lowest BCUT2D eigenvalue weighted by Gasteiger charge is -2.09. The van der Waals surface area contributed by atoms with E-state index in [1.54, 1.807) is 5.54 Å². The summed E-state index contributed by atoms with van der Waals surface area (Å²) in [5, 5.41) is 3.92. The van der Waals surface area contributed by atoms with Gasteiger partial charge in [-0.3, -0.25) is 0 Å². The minimum Gasteiger partial charge on any atom is -0.380 e. The van der Waals surface area contributed by atoms with Crippen LogP contribution >= 0.6 is 39.1 Å². The maximum absolute atomic E-state index is 5.94. The summed E-state index contributed by atoms with van der Waals surface area (Å²) in [5.41, 5.74) is 3.60. The van der Waals surface area contributed by atoms with Crippen LogP contribution in [0.25, 0.3) is 0 Å². The van der Waals surface area contributed by atoms with E-state index in [0.717, 1.165) is 15.7 Å². The number of hydrogen-bond donors (Lipinski definition) is 1. The van der Waals surface area contributed by atoms with E-state index in [0.29, 0.717) is 11.6 Å². The van der Waals surface area contributed by atoms with Crippen LogP contribution in [0.15, 0.2) is 33.8 Å². The average Bonchev–Trinajstić information content (AvgIpc) is 2.20. The fourth-order valence-electron chi connectivity index (χ4n) is 0.914. The Kier molecular flexibility index (Phi) is 4.79. The first-order chi connectivity index (χ1) is 6.65. The first-order valence-electron chi connectivity index (χ1n) is 4.09. The van der Waals surface area contributed by atoms with Crippen LogP contribution in [-0.4, -0.2) is 6.54 Å². The van der Waals surface area contributed by atoms with Crippen molar-refractivity contribution in [1.82, 2.24) is 0 Å². The highest BCUT2D eigenvalue weighted by molar-refractivity contribution is 9.10. The van der Waals surface area contributed by atoms with E-state index < -0.39 is 0 Å². The molecular weight excluding hydrogens is 285 g/mol. The van der Waals surface area contributed by atoms with E-state index in [4.69, 9.17) is 23.2 Å². The molecule has 0 amide bonds. The van der Waals surface area contributed by atoms with Crippen molar-refractivity contribution in [2.45, 2.75) is 6.92 Å². The maximum atomic E-state index is 5.94. The van der Waals surface area contributed by atoms with Gasteiger partial charge in [-0.25, -0.2) is 0 Å². The van der Waals surface area contributed by atoms with E-state index in [1.807, 2.05) is 25.1 Å². The summed E-state index contributed by atoms with van der Waals surface area (Å²) in [4.78, 5) is 0. The maximum Gasteiger partial charge on any atom is 0.0593 e. The summed E-state index contributed by atoms with van der Waals surface area (Å²) < 4.78 is 0.879. The first kappa shape index (κ1) is 11.9. The highest BCUT2D eigenvalue weighted by Gasteiger charge is 2.02. The molecule has 0 aliphatic carbocycles. The van der Waals surface area contributed by atoms with Gasteiger partial charge in [-0.2, -0.15) is 0 Å². The molecule has 0 unspecified atom stereocenters. The molecule has 0 aromatic heterocycles. The first-order valence-corrected chi connectivity index (χ1v) is 5.69. The van der Waals surface area contributed by atoms with Crippen molar-refractivity contribution in [1.29, 1.82) is 0 Å². The Hall–Kier alpha value is -0.180. The molecular formula is C10H10BrCl2N. The standard InChI is InChI=1S/C10H10BrCl2N/c1-7(5-12)6-14-9-4-2-3-8(13)10(9)11/h2-5,14H,6H2,1H3/b7-5-. The number of anilines is 1. The predicted octanol–water partition coefficient (Wildman–Crippen LogP) is 4.66. The van der Waals surface area contributed by atoms with Crippen LogP contribution in [0, 0.1) is 0 Å². The Morgan fingerprint density at radius 1 is 1.57 bits per heavy atom. The van der Waals surface area contributed by atoms with E-state index in [1.165, 1.54) is 0 Å². The van der Waals surface area contributed by atoms with Crippen LogP contribution in [0.2, 0.25) is 5.02 Å². The SMILES string of the molecule is C/C(=C/Cl)CNc1cccc(Cl)c1Br. The fraction of sp³-hybridized carbons (Fsp3) is 0.200. The molecule has 0 radical (unpaired) electrons. The van der Waals surface area contributed by atoms with E-state index in [9.17, 15) is 0 Å². The summed E-state index contributed by atoms with van der Waals surface area (Å²) in [6, 6.07) is 5.69. The lowest BCUT2D eigenvalue weighted by Crippen LogP contribution is -2.02. The Morgan fingerprint density at radius 2 is 2.29 bits per heavy atom. The molecule has 1 aromatic rings. The quantitative estimate of drug-likeness (QED) is 0.855. The number of nitrogens with one attached hydrogen (secondary N) is 1. The third-order valence-corrected chi connectivity index (χ3v) is 3.47. The summed E-state index contributed by atoms with van der Waals surface area (Å²) in [7, 11) is 0. The van der Waals surface area contributed by atoms with Gasteiger partial charge in [0.15, 0.2) is 0 Å². The molecule has 0 aliphatic rings. The second-order valence-corrected chi connectivity index (χ2v) is 4.33. The van der Waals surface area contributed by atoms with E-state index in [-0.39, 0.29) is 0 Å². The van der Waals surface area contributed by atoms with Gasteiger partial charge in [0.25, 0.3) is 0 Å². The van der Waals surface area contributed by atoms with Gasteiger partial charge in [-0.1, -0.05) is 29.3 Å². The van der Waals surface area contributed by atoms with E-state index in [2.05, 4.69) is 21.2 Å². The zero-order chi connectivity index (χ0) is 10.6. The van der Waals surface area contributed by atoms with Gasteiger partial charge in [0.05, 0.1) is 15.2 Å². The largest absolute Gasteiger partial charge is 0.380 e. The molecule has 0 heterocycles. The molecule has 0 aliphatic heterocycles. The summed E-state index contributed by atoms with van der Waals surface area (Å²) in [5.74, 6) is 0. The third-order valence-electron chi connectivity index (χ3n) is 1.70. The van der Waals surface area contributed by atoms with Crippen LogP contribution in [0.1, 0.15) is 6.92 Å². The summed E-state index contributed by atoms with van der Waals surface area (Å²) >= 11 is 14.9. The monoisotopic (exact) mass is 293 g/mol. The molecule has 0 saturated carbocycles. The zero-order valence-corrected chi connectivity index (χ0v) is 10.7. The van der Waals surface area contributed by atoms with Crippen molar-refractivity contribution < 1.29 is 0 Å². The molecule has 0 bridgehead atoms. The summed E-state index contributed by atoms with van der Waals surface area (Å²) in [6.07, 6.45) is 0. The van der Waals surface area contributed by atoms with Crippen LogP contribution in [0.5, 0.6) is 0 Å². The van der Waals surface area contributed by atoms with Gasteiger partial charge in [0.1, 0.15) is 0 Å². The minimum absolute atomic E-state index is 0.697. The van der Waals surface area contributed by atoms with Gasteiger partial charge in [0.2, 0.25) is 0 Å². The number of hydrogen-bond acceptors (Lipinski definition) is 1. The molecule has 1 N–H and O–H groups in total. The smallest absolute Gasteiger partial charge is 0.0593 e. The third kappa shape index (κ3) is 3.19. The molecule has 1 rings (SSSR count). The Balaban J connectivity index is 2.73. The van der Waals surface area contributed by atoms with Crippen LogP contribution in [-0.2, 0) is 0 Å². The van der Waals surface area contributed by atoms with E-state index >= 15 is 0 Å².